The normalized spacial score (nSPS) is 9.94. The van der Waals surface area contributed by atoms with Gasteiger partial charge in [0.25, 0.3) is 0 Å². The van der Waals surface area contributed by atoms with Gasteiger partial charge >= 0.3 is 0 Å². The van der Waals surface area contributed by atoms with Crippen LogP contribution in [0.5, 0.6) is 0 Å². The molecule has 0 fully saturated rings. The van der Waals surface area contributed by atoms with Crippen LogP contribution in [0.3, 0.4) is 0 Å². The van der Waals surface area contributed by atoms with Crippen LogP contribution in [0, 0.1) is 5.82 Å². The van der Waals surface area contributed by atoms with Gasteiger partial charge in [0, 0.05) is 32.6 Å². The summed E-state index contributed by atoms with van der Waals surface area (Å²) in [5.41, 5.74) is 6.33. The van der Waals surface area contributed by atoms with Gasteiger partial charge in [-0.05, 0) is 18.2 Å². The lowest BCUT2D eigenvalue weighted by Gasteiger charge is -2.19. The van der Waals surface area contributed by atoms with E-state index in [4.69, 9.17) is 18.0 Å². The maximum absolute atomic E-state index is 13.8. The molecule has 1 aromatic rings. The second-order valence-electron chi connectivity index (χ2n) is 3.88. The predicted molar refractivity (Wildman–Crippen MR) is 74.2 cm³/mol. The van der Waals surface area contributed by atoms with E-state index in [9.17, 15) is 9.18 Å². The van der Waals surface area contributed by atoms with E-state index in [0.29, 0.717) is 24.2 Å². The number of nitrogens with zero attached hydrogens (tertiary/aromatic N) is 1. The average molecular weight is 269 g/mol. The van der Waals surface area contributed by atoms with Crippen molar-refractivity contribution in [2.24, 2.45) is 5.73 Å². The fourth-order valence-corrected chi connectivity index (χ4v) is 1.61. The Kier molecular flexibility index (Phi) is 5.03. The molecule has 0 spiro atoms. The van der Waals surface area contributed by atoms with Crippen LogP contribution in [0.1, 0.15) is 12.0 Å². The van der Waals surface area contributed by atoms with E-state index in [-0.39, 0.29) is 10.9 Å². The van der Waals surface area contributed by atoms with Crippen LogP contribution < -0.4 is 16.0 Å². The summed E-state index contributed by atoms with van der Waals surface area (Å²) in [6.45, 7) is 0.434. The number of anilines is 1. The van der Waals surface area contributed by atoms with Crippen LogP contribution in [0.15, 0.2) is 18.2 Å². The van der Waals surface area contributed by atoms with Gasteiger partial charge < -0.3 is 16.0 Å². The number of halogens is 1. The fourth-order valence-electron chi connectivity index (χ4n) is 1.48. The lowest BCUT2D eigenvalue weighted by Crippen LogP contribution is -2.27. The number of carbonyl (C=O) groups is 1. The number of benzene rings is 1. The third-order valence-corrected chi connectivity index (χ3v) is 2.83. The summed E-state index contributed by atoms with van der Waals surface area (Å²) in [4.78, 5) is 12.9. The summed E-state index contributed by atoms with van der Waals surface area (Å²) >= 11 is 4.78. The van der Waals surface area contributed by atoms with Crippen molar-refractivity contribution in [3.05, 3.63) is 29.6 Å². The van der Waals surface area contributed by atoms with Crippen LogP contribution in [0.4, 0.5) is 10.1 Å². The van der Waals surface area contributed by atoms with Crippen molar-refractivity contribution in [2.45, 2.75) is 6.42 Å². The first-order valence-electron chi connectivity index (χ1n) is 5.46. The van der Waals surface area contributed by atoms with Gasteiger partial charge in [0.15, 0.2) is 0 Å². The smallest absolute Gasteiger partial charge is 0.221 e. The summed E-state index contributed by atoms with van der Waals surface area (Å²) < 4.78 is 13.8. The van der Waals surface area contributed by atoms with E-state index in [1.165, 1.54) is 6.07 Å². The van der Waals surface area contributed by atoms with Gasteiger partial charge in [0.1, 0.15) is 10.8 Å². The van der Waals surface area contributed by atoms with Crippen LogP contribution in [0.25, 0.3) is 0 Å². The molecular weight excluding hydrogens is 253 g/mol. The molecule has 3 N–H and O–H groups in total. The van der Waals surface area contributed by atoms with Gasteiger partial charge in [-0.1, -0.05) is 12.2 Å². The average Bonchev–Trinajstić information content (AvgIpc) is 2.35. The highest BCUT2D eigenvalue weighted by molar-refractivity contribution is 7.80. The number of nitrogens with two attached hydrogens (primary N) is 1. The highest BCUT2D eigenvalue weighted by Crippen LogP contribution is 2.19. The van der Waals surface area contributed by atoms with Gasteiger partial charge in [-0.25, -0.2) is 4.39 Å². The Labute approximate surface area is 111 Å². The molecule has 0 aliphatic rings. The van der Waals surface area contributed by atoms with E-state index < -0.39 is 5.82 Å². The van der Waals surface area contributed by atoms with Crippen molar-refractivity contribution >= 4 is 28.8 Å². The molecular formula is C12H16FN3OS. The topological polar surface area (TPSA) is 58.4 Å². The molecule has 1 rings (SSSR count). The summed E-state index contributed by atoms with van der Waals surface area (Å²) in [5, 5.41) is 2.52. The molecule has 0 saturated carbocycles. The zero-order chi connectivity index (χ0) is 13.7. The second-order valence-corrected chi connectivity index (χ2v) is 4.31. The van der Waals surface area contributed by atoms with Gasteiger partial charge in [0.2, 0.25) is 5.91 Å². The first kappa shape index (κ1) is 14.4. The fraction of sp³-hybridized carbons (Fsp3) is 0.333. The molecule has 0 saturated heterocycles. The number of hydrogen-bond acceptors (Lipinski definition) is 3. The molecule has 0 aromatic heterocycles. The van der Waals surface area contributed by atoms with E-state index in [0.717, 1.165) is 0 Å². The van der Waals surface area contributed by atoms with E-state index in [2.05, 4.69) is 5.32 Å². The standard InChI is InChI=1S/C12H16FN3OS/c1-15-11(17)5-6-16(2)10-4-3-8(12(14)18)7-9(10)13/h3-4,7H,5-6H2,1-2H3,(H2,14,18)(H,15,17). The van der Waals surface area contributed by atoms with Gasteiger partial charge in [-0.2, -0.15) is 0 Å². The van der Waals surface area contributed by atoms with Crippen LogP contribution in [0.2, 0.25) is 0 Å². The Balaban J connectivity index is 2.77. The van der Waals surface area contributed by atoms with Crippen molar-refractivity contribution in [3.63, 3.8) is 0 Å². The third-order valence-electron chi connectivity index (χ3n) is 2.60. The third kappa shape index (κ3) is 3.66. The predicted octanol–water partition coefficient (Wildman–Crippen LogP) is 1.03. The number of hydrogen-bond donors (Lipinski definition) is 2. The first-order chi connectivity index (χ1) is 8.45. The lowest BCUT2D eigenvalue weighted by molar-refractivity contribution is -0.120. The summed E-state index contributed by atoms with van der Waals surface area (Å²) in [7, 11) is 3.29. The highest BCUT2D eigenvalue weighted by atomic mass is 32.1. The maximum Gasteiger partial charge on any atom is 0.221 e. The van der Waals surface area contributed by atoms with E-state index in [1.807, 2.05) is 0 Å². The summed E-state index contributed by atoms with van der Waals surface area (Å²) in [5.74, 6) is -0.485. The molecule has 1 aromatic carbocycles. The lowest BCUT2D eigenvalue weighted by atomic mass is 10.2. The van der Waals surface area contributed by atoms with E-state index in [1.54, 1.807) is 31.1 Å². The summed E-state index contributed by atoms with van der Waals surface area (Å²) in [6.07, 6.45) is 0.309. The van der Waals surface area contributed by atoms with Gasteiger partial charge in [0.05, 0.1) is 5.69 Å². The van der Waals surface area contributed by atoms with Crippen molar-refractivity contribution in [1.29, 1.82) is 0 Å². The van der Waals surface area contributed by atoms with Crippen molar-refractivity contribution in [3.8, 4) is 0 Å². The Bertz CT molecular complexity index is 465. The van der Waals surface area contributed by atoms with Crippen molar-refractivity contribution in [1.82, 2.24) is 5.32 Å². The SMILES string of the molecule is CNC(=O)CCN(C)c1ccc(C(N)=S)cc1F. The molecule has 0 atom stereocenters. The van der Waals surface area contributed by atoms with Crippen LogP contribution in [-0.2, 0) is 4.79 Å². The molecule has 0 aliphatic heterocycles. The molecule has 0 unspecified atom stereocenters. The molecule has 0 bridgehead atoms. The Morgan fingerprint density at radius 3 is 2.72 bits per heavy atom. The number of thiocarbonyl (C=S) groups is 1. The minimum absolute atomic E-state index is 0.0815. The van der Waals surface area contributed by atoms with Crippen molar-refractivity contribution in [2.75, 3.05) is 25.5 Å². The molecule has 0 aliphatic carbocycles. The Morgan fingerprint density at radius 2 is 2.22 bits per heavy atom. The molecule has 4 nitrogen and oxygen atoms in total. The van der Waals surface area contributed by atoms with Crippen molar-refractivity contribution < 1.29 is 9.18 Å². The number of amides is 1. The van der Waals surface area contributed by atoms with E-state index >= 15 is 0 Å². The maximum atomic E-state index is 13.8. The quantitative estimate of drug-likeness (QED) is 0.784. The Morgan fingerprint density at radius 1 is 1.56 bits per heavy atom. The number of nitrogens with one attached hydrogen (secondary N) is 1. The molecule has 0 heterocycles. The zero-order valence-electron chi connectivity index (χ0n) is 10.4. The largest absolute Gasteiger partial charge is 0.389 e. The second kappa shape index (κ2) is 6.30. The molecule has 18 heavy (non-hydrogen) atoms. The highest BCUT2D eigenvalue weighted by Gasteiger charge is 2.10. The van der Waals surface area contributed by atoms with Crippen LogP contribution >= 0.6 is 12.2 Å². The molecule has 1 amide bonds. The first-order valence-corrected chi connectivity index (χ1v) is 5.87. The van der Waals surface area contributed by atoms with Gasteiger partial charge in [-0.3, -0.25) is 4.79 Å². The minimum Gasteiger partial charge on any atom is -0.389 e. The molecule has 0 radical (unpaired) electrons. The molecule has 6 heteroatoms. The van der Waals surface area contributed by atoms with Crippen LogP contribution in [-0.4, -0.2) is 31.5 Å². The number of carbonyl (C=O) groups excluding carboxylic acids is 1. The Hall–Kier alpha value is -1.69. The monoisotopic (exact) mass is 269 g/mol. The summed E-state index contributed by atoms with van der Waals surface area (Å²) in [6, 6.07) is 4.57. The molecule has 98 valence electrons. The zero-order valence-corrected chi connectivity index (χ0v) is 11.2. The van der Waals surface area contributed by atoms with Gasteiger partial charge in [-0.15, -0.1) is 0 Å². The minimum atomic E-state index is -0.403. The number of rotatable bonds is 5.